The molecule has 0 saturated carbocycles. The molecule has 0 unspecified atom stereocenters. The van der Waals surface area contributed by atoms with Crippen molar-refractivity contribution in [1.29, 1.82) is 0 Å². The average Bonchev–Trinajstić information content (AvgIpc) is 2.17. The van der Waals surface area contributed by atoms with Crippen LogP contribution >= 0.6 is 0 Å². The van der Waals surface area contributed by atoms with Crippen molar-refractivity contribution in [2.24, 2.45) is 11.1 Å². The Morgan fingerprint density at radius 1 is 1.33 bits per heavy atom. The number of nitrogens with two attached hydrogens (primary N) is 1. The lowest BCUT2D eigenvalue weighted by atomic mass is 9.99. The SMILES string of the molecule is CC(C)(C)COCc1ccc(CN)cn1. The monoisotopic (exact) mass is 208 g/mol. The molecular formula is C12H20N2O. The maximum absolute atomic E-state index is 5.56. The van der Waals surface area contributed by atoms with Crippen LogP contribution in [0.4, 0.5) is 0 Å². The highest BCUT2D eigenvalue weighted by Gasteiger charge is 2.09. The van der Waals surface area contributed by atoms with Crippen LogP contribution in [-0.2, 0) is 17.9 Å². The first-order chi connectivity index (χ1) is 7.01. The first-order valence-electron chi connectivity index (χ1n) is 5.23. The number of hydrogen-bond donors (Lipinski definition) is 1. The van der Waals surface area contributed by atoms with Crippen molar-refractivity contribution >= 4 is 0 Å². The normalized spacial score (nSPS) is 11.7. The van der Waals surface area contributed by atoms with E-state index in [9.17, 15) is 0 Å². The number of pyridine rings is 1. The van der Waals surface area contributed by atoms with Gasteiger partial charge in [-0.05, 0) is 17.0 Å². The van der Waals surface area contributed by atoms with Gasteiger partial charge in [0.05, 0.1) is 18.9 Å². The van der Waals surface area contributed by atoms with Crippen molar-refractivity contribution in [3.05, 3.63) is 29.6 Å². The molecule has 0 aliphatic carbocycles. The Labute approximate surface area is 91.7 Å². The van der Waals surface area contributed by atoms with E-state index in [2.05, 4.69) is 25.8 Å². The summed E-state index contributed by atoms with van der Waals surface area (Å²) >= 11 is 0. The predicted octanol–water partition coefficient (Wildman–Crippen LogP) is 2.10. The van der Waals surface area contributed by atoms with Crippen molar-refractivity contribution in [1.82, 2.24) is 4.98 Å². The molecule has 0 bridgehead atoms. The van der Waals surface area contributed by atoms with Gasteiger partial charge in [-0.1, -0.05) is 26.8 Å². The molecule has 0 atom stereocenters. The summed E-state index contributed by atoms with van der Waals surface area (Å²) in [6.07, 6.45) is 1.80. The van der Waals surface area contributed by atoms with Crippen molar-refractivity contribution in [3.63, 3.8) is 0 Å². The third-order valence-electron chi connectivity index (χ3n) is 1.91. The second kappa shape index (κ2) is 5.24. The fourth-order valence-corrected chi connectivity index (χ4v) is 1.12. The van der Waals surface area contributed by atoms with E-state index in [0.717, 1.165) is 17.9 Å². The van der Waals surface area contributed by atoms with Crippen LogP contribution in [0, 0.1) is 5.41 Å². The van der Waals surface area contributed by atoms with Gasteiger partial charge in [-0.2, -0.15) is 0 Å². The molecule has 3 heteroatoms. The molecule has 0 spiro atoms. The second-order valence-corrected chi connectivity index (χ2v) is 4.92. The summed E-state index contributed by atoms with van der Waals surface area (Å²) in [4.78, 5) is 4.26. The zero-order chi connectivity index (χ0) is 11.3. The third-order valence-corrected chi connectivity index (χ3v) is 1.91. The molecule has 1 rings (SSSR count). The standard InChI is InChI=1S/C12H20N2O/c1-12(2,3)9-15-8-11-5-4-10(6-13)7-14-11/h4-5,7H,6,8-9,13H2,1-3H3. The molecule has 0 amide bonds. The minimum absolute atomic E-state index is 0.206. The molecular weight excluding hydrogens is 188 g/mol. The summed E-state index contributed by atoms with van der Waals surface area (Å²) in [5.41, 5.74) is 7.70. The molecule has 0 fully saturated rings. The van der Waals surface area contributed by atoms with E-state index in [-0.39, 0.29) is 5.41 Å². The van der Waals surface area contributed by atoms with Crippen LogP contribution in [0.15, 0.2) is 18.3 Å². The van der Waals surface area contributed by atoms with Gasteiger partial charge in [0.2, 0.25) is 0 Å². The zero-order valence-electron chi connectivity index (χ0n) is 9.79. The molecule has 1 aromatic heterocycles. The minimum atomic E-state index is 0.206. The Morgan fingerprint density at radius 2 is 2.07 bits per heavy atom. The number of rotatable bonds is 4. The van der Waals surface area contributed by atoms with Gasteiger partial charge in [0.15, 0.2) is 0 Å². The molecule has 0 saturated heterocycles. The summed E-state index contributed by atoms with van der Waals surface area (Å²) in [6, 6.07) is 3.95. The Morgan fingerprint density at radius 3 is 2.53 bits per heavy atom. The van der Waals surface area contributed by atoms with E-state index in [4.69, 9.17) is 10.5 Å². The predicted molar refractivity (Wildman–Crippen MR) is 61.2 cm³/mol. The molecule has 2 N–H and O–H groups in total. The fourth-order valence-electron chi connectivity index (χ4n) is 1.12. The molecule has 1 aromatic rings. The molecule has 0 aliphatic heterocycles. The maximum Gasteiger partial charge on any atom is 0.0888 e. The largest absolute Gasteiger partial charge is 0.375 e. The highest BCUT2D eigenvalue weighted by molar-refractivity contribution is 5.13. The highest BCUT2D eigenvalue weighted by atomic mass is 16.5. The van der Waals surface area contributed by atoms with E-state index < -0.39 is 0 Å². The zero-order valence-corrected chi connectivity index (χ0v) is 9.79. The van der Waals surface area contributed by atoms with Gasteiger partial charge in [0.1, 0.15) is 0 Å². The molecule has 15 heavy (non-hydrogen) atoms. The number of hydrogen-bond acceptors (Lipinski definition) is 3. The molecule has 0 aliphatic rings. The summed E-state index contributed by atoms with van der Waals surface area (Å²) in [7, 11) is 0. The van der Waals surface area contributed by atoms with Crippen molar-refractivity contribution in [3.8, 4) is 0 Å². The van der Waals surface area contributed by atoms with E-state index in [1.807, 2.05) is 12.1 Å². The highest BCUT2D eigenvalue weighted by Crippen LogP contribution is 2.13. The molecule has 0 radical (unpaired) electrons. The Balaban J connectivity index is 2.38. The summed E-state index contributed by atoms with van der Waals surface area (Å²) in [6.45, 7) is 8.30. The smallest absolute Gasteiger partial charge is 0.0888 e. The van der Waals surface area contributed by atoms with Crippen molar-refractivity contribution < 1.29 is 4.74 Å². The lowest BCUT2D eigenvalue weighted by Gasteiger charge is -2.17. The molecule has 3 nitrogen and oxygen atoms in total. The maximum atomic E-state index is 5.56. The van der Waals surface area contributed by atoms with Crippen molar-refractivity contribution in [2.75, 3.05) is 6.61 Å². The molecule has 1 heterocycles. The summed E-state index contributed by atoms with van der Waals surface area (Å²) < 4.78 is 5.56. The average molecular weight is 208 g/mol. The Kier molecular flexibility index (Phi) is 4.24. The topological polar surface area (TPSA) is 48.1 Å². The van der Waals surface area contributed by atoms with Crippen LogP contribution in [0.1, 0.15) is 32.0 Å². The minimum Gasteiger partial charge on any atom is -0.375 e. The van der Waals surface area contributed by atoms with E-state index in [1.54, 1.807) is 6.20 Å². The second-order valence-electron chi connectivity index (χ2n) is 4.92. The van der Waals surface area contributed by atoms with E-state index in [0.29, 0.717) is 13.2 Å². The van der Waals surface area contributed by atoms with Crippen LogP contribution in [-0.4, -0.2) is 11.6 Å². The summed E-state index contributed by atoms with van der Waals surface area (Å²) in [5, 5.41) is 0. The molecule has 84 valence electrons. The van der Waals surface area contributed by atoms with Gasteiger partial charge in [-0.25, -0.2) is 0 Å². The van der Waals surface area contributed by atoms with Gasteiger partial charge >= 0.3 is 0 Å². The lowest BCUT2D eigenvalue weighted by Crippen LogP contribution is -2.14. The van der Waals surface area contributed by atoms with Gasteiger partial charge in [-0.15, -0.1) is 0 Å². The fraction of sp³-hybridized carbons (Fsp3) is 0.583. The van der Waals surface area contributed by atoms with Gasteiger partial charge in [-0.3, -0.25) is 4.98 Å². The number of ether oxygens (including phenoxy) is 1. The van der Waals surface area contributed by atoms with Crippen LogP contribution in [0.2, 0.25) is 0 Å². The van der Waals surface area contributed by atoms with Gasteiger partial charge in [0.25, 0.3) is 0 Å². The van der Waals surface area contributed by atoms with Gasteiger partial charge in [0, 0.05) is 12.7 Å². The molecule has 0 aromatic carbocycles. The van der Waals surface area contributed by atoms with Crippen LogP contribution < -0.4 is 5.73 Å². The third kappa shape index (κ3) is 4.91. The Hall–Kier alpha value is -0.930. The quantitative estimate of drug-likeness (QED) is 0.824. The van der Waals surface area contributed by atoms with E-state index in [1.165, 1.54) is 0 Å². The van der Waals surface area contributed by atoms with Crippen LogP contribution in [0.3, 0.4) is 0 Å². The van der Waals surface area contributed by atoms with Crippen LogP contribution in [0.5, 0.6) is 0 Å². The van der Waals surface area contributed by atoms with Crippen molar-refractivity contribution in [2.45, 2.75) is 33.9 Å². The van der Waals surface area contributed by atoms with Gasteiger partial charge < -0.3 is 10.5 Å². The number of aromatic nitrogens is 1. The first-order valence-corrected chi connectivity index (χ1v) is 5.23. The number of nitrogens with zero attached hydrogens (tertiary/aromatic N) is 1. The van der Waals surface area contributed by atoms with Crippen LogP contribution in [0.25, 0.3) is 0 Å². The van der Waals surface area contributed by atoms with E-state index >= 15 is 0 Å². The summed E-state index contributed by atoms with van der Waals surface area (Å²) in [5.74, 6) is 0. The lowest BCUT2D eigenvalue weighted by molar-refractivity contribution is 0.0581. The Bertz CT molecular complexity index is 287. The first kappa shape index (κ1) is 12.1.